The van der Waals surface area contributed by atoms with E-state index in [1.807, 2.05) is 0 Å². The van der Waals surface area contributed by atoms with Crippen LogP contribution in [-0.4, -0.2) is 25.3 Å². The van der Waals surface area contributed by atoms with E-state index in [4.69, 9.17) is 8.85 Å². The maximum atomic E-state index is 5.67. The molecule has 0 aromatic rings. The molecule has 0 spiro atoms. The summed E-state index contributed by atoms with van der Waals surface area (Å²) < 4.78 is 11.3. The molecule has 0 saturated heterocycles. The first-order chi connectivity index (χ1) is 5.37. The minimum absolute atomic E-state index is 0.0288. The Bertz CT molecular complexity index is 126. The lowest BCUT2D eigenvalue weighted by Crippen LogP contribution is -2.46. The summed E-state index contributed by atoms with van der Waals surface area (Å²) in [6.07, 6.45) is 0. The van der Waals surface area contributed by atoms with Crippen molar-refractivity contribution in [3.63, 3.8) is 0 Å². The van der Waals surface area contributed by atoms with Gasteiger partial charge in [0.15, 0.2) is 25.3 Å². The van der Waals surface area contributed by atoms with Crippen LogP contribution in [-0.2, 0) is 8.85 Å². The minimum Gasteiger partial charge on any atom is -0.398 e. The summed E-state index contributed by atoms with van der Waals surface area (Å²) in [7, 11) is -0.911. The highest BCUT2D eigenvalue weighted by Gasteiger charge is 2.38. The van der Waals surface area contributed by atoms with Crippen LogP contribution < -0.4 is 0 Å². The van der Waals surface area contributed by atoms with E-state index in [9.17, 15) is 0 Å². The summed E-state index contributed by atoms with van der Waals surface area (Å²) in [5.41, 5.74) is -0.0288. The van der Waals surface area contributed by atoms with Crippen LogP contribution in [0.15, 0.2) is 0 Å². The van der Waals surface area contributed by atoms with E-state index in [1.54, 1.807) is 0 Å². The largest absolute Gasteiger partial charge is 0.398 e. The van der Waals surface area contributed by atoms with Gasteiger partial charge in [0, 0.05) is 12.3 Å². The lowest BCUT2D eigenvalue weighted by Gasteiger charge is -2.41. The molecule has 0 heterocycles. The normalized spacial score (nSPS) is 19.5. The van der Waals surface area contributed by atoms with Gasteiger partial charge >= 0.3 is 0 Å². The molecule has 1 radical (unpaired) electrons. The van der Waals surface area contributed by atoms with E-state index in [0.717, 1.165) is 0 Å². The predicted octanol–water partition coefficient (Wildman–Crippen LogP) is 0.860. The average Bonchev–Trinajstić information content (AvgIpc) is 1.86. The zero-order valence-electron chi connectivity index (χ0n) is 8.94. The van der Waals surface area contributed by atoms with Gasteiger partial charge in [-0.05, 0) is 0 Å². The Kier molecular flexibility index (Phi) is 4.69. The quantitative estimate of drug-likeness (QED) is 0.501. The summed E-state index contributed by atoms with van der Waals surface area (Å²) in [6.45, 7) is 14.6. The first-order valence-corrected chi connectivity index (χ1v) is 8.49. The van der Waals surface area contributed by atoms with E-state index in [2.05, 4.69) is 40.8 Å². The van der Waals surface area contributed by atoms with Crippen molar-refractivity contribution in [2.45, 2.75) is 39.7 Å². The van der Waals surface area contributed by atoms with Crippen LogP contribution in [0.1, 0.15) is 20.8 Å². The van der Waals surface area contributed by atoms with Crippen molar-refractivity contribution in [3.8, 4) is 0 Å². The third-order valence-corrected chi connectivity index (χ3v) is 3.41. The van der Waals surface area contributed by atoms with Gasteiger partial charge in [-0.3, -0.25) is 0 Å². The molecule has 0 aliphatic rings. The molecule has 0 rings (SSSR count). The average molecular weight is 205 g/mol. The molecule has 0 amide bonds. The maximum absolute atomic E-state index is 5.67. The molecule has 73 valence electrons. The van der Waals surface area contributed by atoms with Crippen LogP contribution >= 0.6 is 0 Å². The second-order valence-electron chi connectivity index (χ2n) is 3.87. The van der Waals surface area contributed by atoms with Crippen molar-refractivity contribution in [3.05, 3.63) is 6.92 Å². The van der Waals surface area contributed by atoms with Crippen LogP contribution in [0.2, 0.25) is 13.1 Å². The van der Waals surface area contributed by atoms with Crippen molar-refractivity contribution < 1.29 is 8.85 Å². The molecule has 0 aliphatic heterocycles. The van der Waals surface area contributed by atoms with Gasteiger partial charge in [-0.25, -0.2) is 0 Å². The van der Waals surface area contributed by atoms with Gasteiger partial charge < -0.3 is 8.85 Å². The Labute approximate surface area is 80.9 Å². The first-order valence-electron chi connectivity index (χ1n) is 4.50. The third kappa shape index (κ3) is 3.01. The van der Waals surface area contributed by atoms with E-state index < -0.39 is 25.3 Å². The molecular weight excluding hydrogens is 184 g/mol. The Morgan fingerprint density at radius 2 is 1.33 bits per heavy atom. The van der Waals surface area contributed by atoms with Crippen molar-refractivity contribution in [2.24, 2.45) is 5.41 Å². The van der Waals surface area contributed by atoms with Gasteiger partial charge in [-0.15, -0.1) is 0 Å². The molecule has 4 heteroatoms. The Balaban J connectivity index is 4.38. The number of hydrogen-bond donors (Lipinski definition) is 0. The Morgan fingerprint density at radius 1 is 1.00 bits per heavy atom. The third-order valence-electron chi connectivity index (χ3n) is 1.90. The van der Waals surface area contributed by atoms with Crippen molar-refractivity contribution in [1.82, 2.24) is 0 Å². The zero-order valence-corrected chi connectivity index (χ0v) is 11.8. The smallest absolute Gasteiger partial charge is 0.162 e. The zero-order chi connectivity index (χ0) is 9.83. The molecule has 0 unspecified atom stereocenters. The maximum Gasteiger partial charge on any atom is 0.162 e. The first kappa shape index (κ1) is 12.4. The second-order valence-corrected chi connectivity index (χ2v) is 5.60. The summed E-state index contributed by atoms with van der Waals surface area (Å²) >= 11 is 0. The van der Waals surface area contributed by atoms with Crippen LogP contribution in [0.4, 0.5) is 0 Å². The predicted molar refractivity (Wildman–Crippen MR) is 58.5 cm³/mol. The Hall–Kier alpha value is 0.354. The fourth-order valence-electron chi connectivity index (χ4n) is 0.941. The van der Waals surface area contributed by atoms with E-state index in [-0.39, 0.29) is 5.41 Å². The molecule has 0 fully saturated rings. The molecule has 0 atom stereocenters. The van der Waals surface area contributed by atoms with Gasteiger partial charge in [0.25, 0.3) is 0 Å². The topological polar surface area (TPSA) is 18.5 Å². The minimum atomic E-state index is -0.588. The van der Waals surface area contributed by atoms with Crippen molar-refractivity contribution in [1.29, 1.82) is 0 Å². The molecule has 2 nitrogen and oxygen atoms in total. The summed E-state index contributed by atoms with van der Waals surface area (Å²) in [4.78, 5) is 0. The van der Waals surface area contributed by atoms with E-state index in [0.29, 0.717) is 0 Å². The van der Waals surface area contributed by atoms with Crippen molar-refractivity contribution in [2.75, 3.05) is 0 Å². The van der Waals surface area contributed by atoms with E-state index in [1.165, 1.54) is 0 Å². The second kappa shape index (κ2) is 4.55. The molecule has 0 saturated carbocycles. The highest BCUT2D eigenvalue weighted by atomic mass is 28.2. The van der Waals surface area contributed by atoms with E-state index >= 15 is 0 Å². The van der Waals surface area contributed by atoms with Crippen molar-refractivity contribution >= 4 is 19.5 Å². The van der Waals surface area contributed by atoms with Gasteiger partial charge in [-0.2, -0.15) is 0 Å². The molecule has 0 aliphatic carbocycles. The van der Waals surface area contributed by atoms with Gasteiger partial charge in [0.2, 0.25) is 0 Å². The highest BCUT2D eigenvalue weighted by Crippen LogP contribution is 2.33. The monoisotopic (exact) mass is 205 g/mol. The van der Waals surface area contributed by atoms with Crippen LogP contribution in [0, 0.1) is 12.3 Å². The fourth-order valence-corrected chi connectivity index (χ4v) is 3.07. The summed E-state index contributed by atoms with van der Waals surface area (Å²) in [5, 5.41) is 0. The van der Waals surface area contributed by atoms with Gasteiger partial charge in [-0.1, -0.05) is 33.9 Å². The molecule has 12 heavy (non-hydrogen) atoms. The summed E-state index contributed by atoms with van der Waals surface area (Å²) in [6, 6.07) is 0. The lowest BCUT2D eigenvalue weighted by atomic mass is 9.87. The number of hydrogen-bond acceptors (Lipinski definition) is 2. The van der Waals surface area contributed by atoms with Gasteiger partial charge in [0.05, 0.1) is 0 Å². The van der Waals surface area contributed by atoms with Crippen LogP contribution in [0.25, 0.3) is 0 Å². The number of rotatable bonds is 4. The Morgan fingerprint density at radius 3 is 1.50 bits per heavy atom. The van der Waals surface area contributed by atoms with Crippen LogP contribution in [0.5, 0.6) is 0 Å². The standard InChI is InChI=1S/C8H21O2Si2/c1-7(2,3)8(4,9-11-5)10-12-6/h4,11-12H2,1-3,5-6H3. The summed E-state index contributed by atoms with van der Waals surface area (Å²) in [5.74, 6) is -0.588. The molecule has 0 aromatic heterocycles. The molecule has 0 N–H and O–H groups in total. The molecule has 0 bridgehead atoms. The molecular formula is C8H21O2Si2. The van der Waals surface area contributed by atoms with Gasteiger partial charge in [0.1, 0.15) is 0 Å². The van der Waals surface area contributed by atoms with Crippen LogP contribution in [0.3, 0.4) is 0 Å². The lowest BCUT2D eigenvalue weighted by molar-refractivity contribution is -0.148. The fraction of sp³-hybridized carbons (Fsp3) is 0.875. The SMILES string of the molecule is [CH2]C(O[SiH2]C)(O[SiH2]C)C(C)(C)C. The highest BCUT2D eigenvalue weighted by molar-refractivity contribution is 6.26. The molecule has 0 aromatic carbocycles.